The van der Waals surface area contributed by atoms with Crippen molar-refractivity contribution in [3.63, 3.8) is 0 Å². The first kappa shape index (κ1) is 20.7. The van der Waals surface area contributed by atoms with E-state index >= 15 is 0 Å². The number of hydrogen-bond donors (Lipinski definition) is 0. The lowest BCUT2D eigenvalue weighted by atomic mass is 10.1. The zero-order valence-corrected chi connectivity index (χ0v) is 19.1. The van der Waals surface area contributed by atoms with Crippen molar-refractivity contribution in [1.29, 1.82) is 0 Å². The Hall–Kier alpha value is -2.61. The van der Waals surface area contributed by atoms with Crippen molar-refractivity contribution in [3.05, 3.63) is 75.5 Å². The summed E-state index contributed by atoms with van der Waals surface area (Å²) in [6, 6.07) is 11.0. The summed E-state index contributed by atoms with van der Waals surface area (Å²) in [6.45, 7) is 1.98. The second kappa shape index (κ2) is 8.63. The Morgan fingerprint density at radius 2 is 1.43 bits per heavy atom. The molecule has 0 bridgehead atoms. The van der Waals surface area contributed by atoms with E-state index in [0.29, 0.717) is 10.3 Å². The van der Waals surface area contributed by atoms with E-state index in [1.807, 2.05) is 50.6 Å². The molecule has 30 heavy (non-hydrogen) atoms. The highest BCUT2D eigenvalue weighted by Crippen LogP contribution is 2.24. The van der Waals surface area contributed by atoms with Gasteiger partial charge in [-0.15, -0.1) is 0 Å². The second-order valence-corrected chi connectivity index (χ2v) is 8.21. The predicted octanol–water partition coefficient (Wildman–Crippen LogP) is 6.04. The zero-order valence-electron chi connectivity index (χ0n) is 16.0. The molecule has 150 valence electrons. The van der Waals surface area contributed by atoms with Crippen LogP contribution < -0.4 is 0 Å². The molecule has 0 aliphatic rings. The van der Waals surface area contributed by atoms with E-state index in [1.165, 1.54) is 0 Å². The standard InChI is InChI=1S/C13H11ClN4.C8H4BrClN2/c1-8-10(7-18(2)17-8)9-5-12-11(15-6-9)3-4-13(14)16-12;9-5-3-7-6(11-4-5)1-2-8(10)12-7/h3-7H,1-2H3;1-4H. The Balaban J connectivity index is 0.000000158. The van der Waals surface area contributed by atoms with E-state index in [1.54, 1.807) is 23.0 Å². The van der Waals surface area contributed by atoms with E-state index in [4.69, 9.17) is 23.2 Å². The summed E-state index contributed by atoms with van der Waals surface area (Å²) in [5, 5.41) is 5.29. The summed E-state index contributed by atoms with van der Waals surface area (Å²) in [4.78, 5) is 16.9. The number of pyridine rings is 4. The van der Waals surface area contributed by atoms with Gasteiger partial charge in [-0.1, -0.05) is 23.2 Å². The van der Waals surface area contributed by atoms with E-state index in [9.17, 15) is 0 Å². The summed E-state index contributed by atoms with van der Waals surface area (Å²) in [5.74, 6) is 0. The summed E-state index contributed by atoms with van der Waals surface area (Å²) >= 11 is 14.9. The zero-order chi connectivity index (χ0) is 21.3. The third-order valence-electron chi connectivity index (χ3n) is 4.30. The van der Waals surface area contributed by atoms with Crippen molar-refractivity contribution in [2.24, 2.45) is 7.05 Å². The van der Waals surface area contributed by atoms with Crippen LogP contribution >= 0.6 is 39.1 Å². The van der Waals surface area contributed by atoms with E-state index in [2.05, 4.69) is 41.0 Å². The van der Waals surface area contributed by atoms with Crippen LogP contribution in [0.3, 0.4) is 0 Å². The van der Waals surface area contributed by atoms with Crippen molar-refractivity contribution >= 4 is 61.2 Å². The second-order valence-electron chi connectivity index (χ2n) is 6.52. The fourth-order valence-electron chi connectivity index (χ4n) is 2.97. The number of halogens is 3. The molecule has 5 heterocycles. The first-order chi connectivity index (χ1) is 14.4. The lowest BCUT2D eigenvalue weighted by Crippen LogP contribution is -1.86. The molecule has 0 aliphatic heterocycles. The molecule has 0 atom stereocenters. The summed E-state index contributed by atoms with van der Waals surface area (Å²) < 4.78 is 2.70. The van der Waals surface area contributed by atoms with Crippen LogP contribution in [0.2, 0.25) is 10.3 Å². The van der Waals surface area contributed by atoms with Crippen LogP contribution in [-0.2, 0) is 7.05 Å². The first-order valence-electron chi connectivity index (χ1n) is 8.90. The summed E-state index contributed by atoms with van der Waals surface area (Å²) in [6.07, 6.45) is 5.54. The number of fused-ring (bicyclic) bond motifs is 2. The predicted molar refractivity (Wildman–Crippen MR) is 124 cm³/mol. The highest BCUT2D eigenvalue weighted by atomic mass is 79.9. The number of rotatable bonds is 1. The highest BCUT2D eigenvalue weighted by Gasteiger charge is 2.08. The van der Waals surface area contributed by atoms with Gasteiger partial charge in [0.2, 0.25) is 0 Å². The van der Waals surface area contributed by atoms with Crippen LogP contribution in [0.15, 0.2) is 59.5 Å². The Kier molecular flexibility index (Phi) is 5.94. The minimum atomic E-state index is 0.476. The summed E-state index contributed by atoms with van der Waals surface area (Å²) in [7, 11) is 1.90. The quantitative estimate of drug-likeness (QED) is 0.262. The van der Waals surface area contributed by atoms with Crippen molar-refractivity contribution < 1.29 is 0 Å². The topological polar surface area (TPSA) is 69.4 Å². The van der Waals surface area contributed by atoms with Gasteiger partial charge >= 0.3 is 0 Å². The van der Waals surface area contributed by atoms with Crippen LogP contribution in [0.1, 0.15) is 5.69 Å². The van der Waals surface area contributed by atoms with Crippen molar-refractivity contribution in [3.8, 4) is 11.1 Å². The summed E-state index contributed by atoms with van der Waals surface area (Å²) in [5.41, 5.74) is 6.32. The van der Waals surface area contributed by atoms with Crippen molar-refractivity contribution in [2.75, 3.05) is 0 Å². The fraction of sp³-hybridized carbons (Fsp3) is 0.0952. The van der Waals surface area contributed by atoms with Crippen LogP contribution in [0.5, 0.6) is 0 Å². The Morgan fingerprint density at radius 1 is 0.833 bits per heavy atom. The normalized spacial score (nSPS) is 10.8. The Labute approximate surface area is 191 Å². The van der Waals surface area contributed by atoms with Gasteiger partial charge in [-0.3, -0.25) is 14.6 Å². The highest BCUT2D eigenvalue weighted by molar-refractivity contribution is 9.10. The maximum absolute atomic E-state index is 5.90. The minimum Gasteiger partial charge on any atom is -0.275 e. The number of aromatic nitrogens is 6. The molecule has 9 heteroatoms. The number of aryl methyl sites for hydroxylation is 2. The third kappa shape index (κ3) is 4.59. The Morgan fingerprint density at radius 3 is 2.03 bits per heavy atom. The van der Waals surface area contributed by atoms with Crippen LogP contribution in [0, 0.1) is 6.92 Å². The molecule has 0 saturated carbocycles. The van der Waals surface area contributed by atoms with Crippen LogP contribution in [0.4, 0.5) is 0 Å². The molecule has 0 aromatic carbocycles. The molecule has 5 rings (SSSR count). The molecule has 6 nitrogen and oxygen atoms in total. The van der Waals surface area contributed by atoms with Gasteiger partial charge in [-0.2, -0.15) is 5.10 Å². The third-order valence-corrected chi connectivity index (χ3v) is 5.15. The van der Waals surface area contributed by atoms with E-state index < -0.39 is 0 Å². The van der Waals surface area contributed by atoms with E-state index in [0.717, 1.165) is 43.4 Å². The number of nitrogens with zero attached hydrogens (tertiary/aromatic N) is 6. The molecule has 0 fully saturated rings. The van der Waals surface area contributed by atoms with Gasteiger partial charge in [0.05, 0.1) is 27.8 Å². The number of hydrogen-bond acceptors (Lipinski definition) is 5. The SMILES string of the molecule is Cc1nn(C)cc1-c1cnc2ccc(Cl)nc2c1.Clc1ccc2ncc(Br)cc2n1. The van der Waals surface area contributed by atoms with Gasteiger partial charge in [0.15, 0.2) is 0 Å². The van der Waals surface area contributed by atoms with Gasteiger partial charge in [0.25, 0.3) is 0 Å². The average molecular weight is 502 g/mol. The van der Waals surface area contributed by atoms with Gasteiger partial charge < -0.3 is 0 Å². The molecule has 0 unspecified atom stereocenters. The fourth-order valence-corrected chi connectivity index (χ4v) is 3.60. The maximum Gasteiger partial charge on any atom is 0.129 e. The molecular weight excluding hydrogens is 487 g/mol. The van der Waals surface area contributed by atoms with Gasteiger partial charge in [-0.25, -0.2) is 9.97 Å². The molecule has 0 N–H and O–H groups in total. The molecular formula is C21H15BrCl2N6. The van der Waals surface area contributed by atoms with Crippen molar-refractivity contribution in [2.45, 2.75) is 6.92 Å². The molecule has 5 aromatic heterocycles. The van der Waals surface area contributed by atoms with E-state index in [-0.39, 0.29) is 0 Å². The van der Waals surface area contributed by atoms with Gasteiger partial charge in [0, 0.05) is 41.2 Å². The maximum atomic E-state index is 5.90. The molecule has 0 amide bonds. The average Bonchev–Trinajstić information content (AvgIpc) is 3.05. The molecule has 5 aromatic rings. The Bertz CT molecular complexity index is 1330. The lowest BCUT2D eigenvalue weighted by molar-refractivity contribution is 0.756. The molecule has 0 saturated heterocycles. The molecule has 0 radical (unpaired) electrons. The minimum absolute atomic E-state index is 0.476. The smallest absolute Gasteiger partial charge is 0.129 e. The van der Waals surface area contributed by atoms with Gasteiger partial charge in [-0.05, 0) is 59.3 Å². The molecule has 0 aliphatic carbocycles. The lowest BCUT2D eigenvalue weighted by Gasteiger charge is -2.01. The first-order valence-corrected chi connectivity index (χ1v) is 10.4. The van der Waals surface area contributed by atoms with Gasteiger partial charge in [0.1, 0.15) is 10.3 Å². The van der Waals surface area contributed by atoms with Crippen LogP contribution in [-0.4, -0.2) is 29.7 Å². The molecule has 0 spiro atoms. The monoisotopic (exact) mass is 500 g/mol. The van der Waals surface area contributed by atoms with Crippen molar-refractivity contribution in [1.82, 2.24) is 29.7 Å². The largest absolute Gasteiger partial charge is 0.275 e. The van der Waals surface area contributed by atoms with Crippen LogP contribution in [0.25, 0.3) is 33.2 Å².